The standard InChI is InChI=1S/C17H26O9S/c1-10(18)24-14(8-16-22-6-5-7-23-16)17(26-12(3)20)15(25-11(2)19)9-27-13(4)21/h14-17H,5-9H2,1-4H3/t14-,15-,17+/m1/s1. The Hall–Kier alpha value is -1.65. The fourth-order valence-corrected chi connectivity index (χ4v) is 3.17. The number of hydrogen-bond donors (Lipinski definition) is 0. The van der Waals surface area contributed by atoms with Crippen molar-refractivity contribution in [2.24, 2.45) is 0 Å². The molecule has 1 aliphatic rings. The Bertz CT molecular complexity index is 530. The van der Waals surface area contributed by atoms with Gasteiger partial charge >= 0.3 is 17.9 Å². The highest BCUT2D eigenvalue weighted by Gasteiger charge is 2.39. The molecule has 0 bridgehead atoms. The molecule has 0 aromatic heterocycles. The lowest BCUT2D eigenvalue weighted by Gasteiger charge is -2.34. The molecule has 0 aromatic carbocycles. The van der Waals surface area contributed by atoms with E-state index in [1.165, 1.54) is 27.7 Å². The van der Waals surface area contributed by atoms with Gasteiger partial charge in [0.2, 0.25) is 0 Å². The zero-order chi connectivity index (χ0) is 20.4. The molecule has 1 saturated heterocycles. The fraction of sp³-hybridized carbons (Fsp3) is 0.765. The van der Waals surface area contributed by atoms with E-state index < -0.39 is 42.5 Å². The summed E-state index contributed by atoms with van der Waals surface area (Å²) in [6.07, 6.45) is -2.91. The van der Waals surface area contributed by atoms with Crippen molar-refractivity contribution in [3.05, 3.63) is 0 Å². The first-order valence-corrected chi connectivity index (χ1v) is 9.55. The highest BCUT2D eigenvalue weighted by Crippen LogP contribution is 2.23. The molecule has 0 aromatic rings. The maximum Gasteiger partial charge on any atom is 0.303 e. The van der Waals surface area contributed by atoms with Gasteiger partial charge in [-0.05, 0) is 6.42 Å². The SMILES string of the molecule is CC(=O)O[C@H]([C@@H](CSC(C)=O)OC(C)=O)[C@@H](CC1OCCCO1)OC(C)=O. The molecular formula is C17H26O9S. The minimum Gasteiger partial charge on any atom is -0.458 e. The topological polar surface area (TPSA) is 114 Å². The molecule has 0 aliphatic carbocycles. The van der Waals surface area contributed by atoms with Crippen LogP contribution < -0.4 is 0 Å². The third-order valence-electron chi connectivity index (χ3n) is 3.44. The quantitative estimate of drug-likeness (QED) is 0.409. The maximum absolute atomic E-state index is 11.6. The molecule has 0 unspecified atom stereocenters. The number of hydrogen-bond acceptors (Lipinski definition) is 10. The van der Waals surface area contributed by atoms with E-state index in [0.29, 0.717) is 13.2 Å². The molecule has 3 atom stereocenters. The molecule has 0 saturated carbocycles. The van der Waals surface area contributed by atoms with Gasteiger partial charge in [0.25, 0.3) is 0 Å². The van der Waals surface area contributed by atoms with E-state index in [1.54, 1.807) is 0 Å². The van der Waals surface area contributed by atoms with E-state index in [2.05, 4.69) is 0 Å². The van der Waals surface area contributed by atoms with Gasteiger partial charge in [0.15, 0.2) is 23.6 Å². The number of carbonyl (C=O) groups excluding carboxylic acids is 4. The molecule has 0 spiro atoms. The molecule has 0 amide bonds. The van der Waals surface area contributed by atoms with Gasteiger partial charge in [-0.1, -0.05) is 11.8 Å². The van der Waals surface area contributed by atoms with Crippen LogP contribution in [0.4, 0.5) is 0 Å². The van der Waals surface area contributed by atoms with Gasteiger partial charge in [0.1, 0.15) is 6.10 Å². The van der Waals surface area contributed by atoms with Crippen LogP contribution in [-0.4, -0.2) is 66.6 Å². The van der Waals surface area contributed by atoms with Crippen LogP contribution in [0.1, 0.15) is 40.5 Å². The van der Waals surface area contributed by atoms with Crippen molar-refractivity contribution in [3.63, 3.8) is 0 Å². The van der Waals surface area contributed by atoms with Crippen molar-refractivity contribution in [2.75, 3.05) is 19.0 Å². The molecule has 0 N–H and O–H groups in total. The first-order valence-electron chi connectivity index (χ1n) is 8.57. The molecule has 0 radical (unpaired) electrons. The summed E-state index contributed by atoms with van der Waals surface area (Å²) in [6, 6.07) is 0. The van der Waals surface area contributed by atoms with Crippen molar-refractivity contribution in [1.29, 1.82) is 0 Å². The Morgan fingerprint density at radius 3 is 1.89 bits per heavy atom. The second kappa shape index (κ2) is 11.9. The largest absolute Gasteiger partial charge is 0.458 e. The van der Waals surface area contributed by atoms with Crippen LogP contribution in [0.15, 0.2) is 0 Å². The van der Waals surface area contributed by atoms with Crippen LogP contribution in [0.3, 0.4) is 0 Å². The predicted octanol–water partition coefficient (Wildman–Crippen LogP) is 1.21. The highest BCUT2D eigenvalue weighted by molar-refractivity contribution is 8.13. The molecule has 9 nitrogen and oxygen atoms in total. The van der Waals surface area contributed by atoms with Crippen molar-refractivity contribution in [2.45, 2.75) is 65.1 Å². The van der Waals surface area contributed by atoms with Gasteiger partial charge in [-0.2, -0.15) is 0 Å². The van der Waals surface area contributed by atoms with Crippen LogP contribution in [0.2, 0.25) is 0 Å². The lowest BCUT2D eigenvalue weighted by molar-refractivity contribution is -0.212. The van der Waals surface area contributed by atoms with Crippen LogP contribution in [0, 0.1) is 0 Å². The molecule has 1 heterocycles. The Morgan fingerprint density at radius 1 is 0.889 bits per heavy atom. The van der Waals surface area contributed by atoms with Crippen LogP contribution in [0.5, 0.6) is 0 Å². The zero-order valence-electron chi connectivity index (χ0n) is 15.9. The summed E-state index contributed by atoms with van der Waals surface area (Å²) in [7, 11) is 0. The second-order valence-electron chi connectivity index (χ2n) is 5.93. The first-order chi connectivity index (χ1) is 12.7. The highest BCUT2D eigenvalue weighted by atomic mass is 32.2. The van der Waals surface area contributed by atoms with E-state index in [-0.39, 0.29) is 17.3 Å². The molecule has 154 valence electrons. The monoisotopic (exact) mass is 406 g/mol. The van der Waals surface area contributed by atoms with E-state index in [0.717, 1.165) is 18.2 Å². The summed E-state index contributed by atoms with van der Waals surface area (Å²) >= 11 is 0.909. The van der Waals surface area contributed by atoms with Crippen molar-refractivity contribution in [1.82, 2.24) is 0 Å². The smallest absolute Gasteiger partial charge is 0.303 e. The number of ether oxygens (including phenoxy) is 5. The molecular weight excluding hydrogens is 380 g/mol. The normalized spacial score (nSPS) is 18.1. The van der Waals surface area contributed by atoms with E-state index in [9.17, 15) is 19.2 Å². The van der Waals surface area contributed by atoms with E-state index in [1.807, 2.05) is 0 Å². The van der Waals surface area contributed by atoms with Gasteiger partial charge < -0.3 is 23.7 Å². The van der Waals surface area contributed by atoms with Gasteiger partial charge in [0, 0.05) is 39.9 Å². The lowest BCUT2D eigenvalue weighted by Crippen LogP contribution is -2.48. The van der Waals surface area contributed by atoms with Crippen LogP contribution in [0.25, 0.3) is 0 Å². The summed E-state index contributed by atoms with van der Waals surface area (Å²) in [4.78, 5) is 46.1. The summed E-state index contributed by atoms with van der Waals surface area (Å²) in [5.74, 6) is -1.83. The summed E-state index contributed by atoms with van der Waals surface area (Å²) < 4.78 is 26.9. The fourth-order valence-electron chi connectivity index (χ4n) is 2.52. The van der Waals surface area contributed by atoms with E-state index >= 15 is 0 Å². The maximum atomic E-state index is 11.6. The first kappa shape index (κ1) is 23.4. The summed E-state index contributed by atoms with van der Waals surface area (Å²) in [5.41, 5.74) is 0. The molecule has 27 heavy (non-hydrogen) atoms. The van der Waals surface area contributed by atoms with Gasteiger partial charge in [0.05, 0.1) is 13.2 Å². The second-order valence-corrected chi connectivity index (χ2v) is 7.13. The molecule has 1 aliphatic heterocycles. The van der Waals surface area contributed by atoms with E-state index in [4.69, 9.17) is 23.7 Å². The third kappa shape index (κ3) is 9.73. The average Bonchev–Trinajstić information content (AvgIpc) is 2.56. The van der Waals surface area contributed by atoms with Gasteiger partial charge in [-0.3, -0.25) is 19.2 Å². The third-order valence-corrected chi connectivity index (χ3v) is 4.34. The Kier molecular flexibility index (Phi) is 10.3. The summed E-state index contributed by atoms with van der Waals surface area (Å²) in [5, 5.41) is -0.197. The zero-order valence-corrected chi connectivity index (χ0v) is 16.7. The van der Waals surface area contributed by atoms with Crippen LogP contribution >= 0.6 is 11.8 Å². The predicted molar refractivity (Wildman–Crippen MR) is 94.7 cm³/mol. The van der Waals surface area contributed by atoms with Gasteiger partial charge in [-0.25, -0.2) is 0 Å². The van der Waals surface area contributed by atoms with Gasteiger partial charge in [-0.15, -0.1) is 0 Å². The number of carbonyl (C=O) groups is 4. The van der Waals surface area contributed by atoms with Crippen molar-refractivity contribution < 1.29 is 42.9 Å². The Morgan fingerprint density at radius 2 is 1.41 bits per heavy atom. The minimum absolute atomic E-state index is 0.0387. The Labute approximate surface area is 162 Å². The van der Waals surface area contributed by atoms with Crippen LogP contribution in [-0.2, 0) is 42.9 Å². The number of esters is 3. The number of thioether (sulfide) groups is 1. The Balaban J connectivity index is 3.06. The average molecular weight is 406 g/mol. The van der Waals surface area contributed by atoms with Crippen molar-refractivity contribution in [3.8, 4) is 0 Å². The minimum atomic E-state index is -1.11. The van der Waals surface area contributed by atoms with Crippen molar-refractivity contribution >= 4 is 34.8 Å². The lowest BCUT2D eigenvalue weighted by atomic mass is 10.0. The summed E-state index contributed by atoms with van der Waals surface area (Å²) in [6.45, 7) is 5.94. The number of rotatable bonds is 9. The molecule has 1 rings (SSSR count). The molecule has 10 heteroatoms. The molecule has 1 fully saturated rings.